The molecule has 0 aromatic heterocycles. The topological polar surface area (TPSA) is 62.2 Å². The predicted octanol–water partition coefficient (Wildman–Crippen LogP) is 2.42. The number of ether oxygens (including phenoxy) is 2. The Hall–Kier alpha value is -1.79. The second kappa shape index (κ2) is 7.22. The van der Waals surface area contributed by atoms with Gasteiger partial charge in [0, 0.05) is 38.2 Å². The van der Waals surface area contributed by atoms with Gasteiger partial charge in [-0.15, -0.1) is 0 Å². The van der Waals surface area contributed by atoms with E-state index in [1.165, 1.54) is 0 Å². The van der Waals surface area contributed by atoms with Crippen molar-refractivity contribution in [2.45, 2.75) is 44.9 Å². The highest BCUT2D eigenvalue weighted by Crippen LogP contribution is 2.36. The monoisotopic (exact) mass is 348 g/mol. The van der Waals surface area contributed by atoms with Crippen LogP contribution in [0, 0.1) is 0 Å². The lowest BCUT2D eigenvalue weighted by molar-refractivity contribution is -0.00659. The van der Waals surface area contributed by atoms with Crippen LogP contribution in [0.15, 0.2) is 24.3 Å². The smallest absolute Gasteiger partial charge is 0.410 e. The fraction of sp³-hybridized carbons (Fsp3) is 0.632. The molecule has 0 saturated carbocycles. The molecule has 0 bridgehead atoms. The van der Waals surface area contributed by atoms with Crippen molar-refractivity contribution in [1.29, 1.82) is 0 Å². The second-order valence-corrected chi connectivity index (χ2v) is 7.69. The second-order valence-electron chi connectivity index (χ2n) is 7.69. The van der Waals surface area contributed by atoms with Gasteiger partial charge < -0.3 is 19.5 Å². The third-order valence-electron chi connectivity index (χ3n) is 4.63. The summed E-state index contributed by atoms with van der Waals surface area (Å²) >= 11 is 0. The van der Waals surface area contributed by atoms with Gasteiger partial charge in [0.1, 0.15) is 11.4 Å². The standard InChI is InChI=1S/C19H28N2O4/c1-19(2,3)25-18(23)21-11-9-20(10-12-21)17-14-6-4-5-7-16(14)24-13-8-15(17)22/h4-7,15,17,22H,8-13H2,1-3H3/t15-,17-/m1/s1. The van der Waals surface area contributed by atoms with Crippen LogP contribution in [0.3, 0.4) is 0 Å². The molecule has 1 aromatic carbocycles. The summed E-state index contributed by atoms with van der Waals surface area (Å²) in [6.45, 7) is 8.75. The lowest BCUT2D eigenvalue weighted by Crippen LogP contribution is -2.52. The fourth-order valence-electron chi connectivity index (χ4n) is 3.46. The molecule has 1 fully saturated rings. The van der Waals surface area contributed by atoms with E-state index in [1.54, 1.807) is 4.90 Å². The molecule has 0 radical (unpaired) electrons. The largest absolute Gasteiger partial charge is 0.493 e. The van der Waals surface area contributed by atoms with Gasteiger partial charge in [0.2, 0.25) is 0 Å². The zero-order chi connectivity index (χ0) is 18.0. The number of fused-ring (bicyclic) bond motifs is 1. The van der Waals surface area contributed by atoms with E-state index in [9.17, 15) is 9.90 Å². The molecule has 1 amide bonds. The molecular formula is C19H28N2O4. The van der Waals surface area contributed by atoms with Gasteiger partial charge in [0.15, 0.2) is 0 Å². The van der Waals surface area contributed by atoms with Crippen LogP contribution in [0.4, 0.5) is 4.79 Å². The molecule has 25 heavy (non-hydrogen) atoms. The van der Waals surface area contributed by atoms with E-state index in [0.717, 1.165) is 11.3 Å². The average molecular weight is 348 g/mol. The number of carbonyl (C=O) groups is 1. The molecule has 2 heterocycles. The zero-order valence-electron chi connectivity index (χ0n) is 15.3. The Morgan fingerprint density at radius 1 is 1.20 bits per heavy atom. The number of benzene rings is 1. The number of aliphatic hydroxyl groups excluding tert-OH is 1. The van der Waals surface area contributed by atoms with Crippen LogP contribution in [-0.2, 0) is 4.74 Å². The number of rotatable bonds is 1. The Labute approximate surface area is 149 Å². The highest BCUT2D eigenvalue weighted by Gasteiger charge is 2.35. The predicted molar refractivity (Wildman–Crippen MR) is 94.7 cm³/mol. The molecule has 0 aliphatic carbocycles. The van der Waals surface area contributed by atoms with Crippen LogP contribution in [0.5, 0.6) is 5.75 Å². The van der Waals surface area contributed by atoms with Crippen LogP contribution in [0.25, 0.3) is 0 Å². The number of nitrogens with zero attached hydrogens (tertiary/aromatic N) is 2. The SMILES string of the molecule is CC(C)(C)OC(=O)N1CCN([C@@H]2c3ccccc3OCC[C@H]2O)CC1. The van der Waals surface area contributed by atoms with Gasteiger partial charge in [-0.3, -0.25) is 4.90 Å². The van der Waals surface area contributed by atoms with Crippen LogP contribution in [0.1, 0.15) is 38.8 Å². The third kappa shape index (κ3) is 4.25. The number of piperazine rings is 1. The summed E-state index contributed by atoms with van der Waals surface area (Å²) in [4.78, 5) is 16.2. The van der Waals surface area contributed by atoms with Crippen molar-refractivity contribution < 1.29 is 19.4 Å². The van der Waals surface area contributed by atoms with Gasteiger partial charge >= 0.3 is 6.09 Å². The first-order chi connectivity index (χ1) is 11.8. The summed E-state index contributed by atoms with van der Waals surface area (Å²) in [6.07, 6.45) is -0.139. The summed E-state index contributed by atoms with van der Waals surface area (Å²) in [6, 6.07) is 7.81. The summed E-state index contributed by atoms with van der Waals surface area (Å²) in [7, 11) is 0. The van der Waals surface area contributed by atoms with Crippen LogP contribution in [0.2, 0.25) is 0 Å². The van der Waals surface area contributed by atoms with E-state index >= 15 is 0 Å². The Morgan fingerprint density at radius 2 is 1.88 bits per heavy atom. The first kappa shape index (κ1) is 18.0. The first-order valence-electron chi connectivity index (χ1n) is 8.97. The summed E-state index contributed by atoms with van der Waals surface area (Å²) in [5, 5.41) is 10.6. The number of hydrogen-bond donors (Lipinski definition) is 1. The fourth-order valence-corrected chi connectivity index (χ4v) is 3.46. The number of amides is 1. The van der Waals surface area contributed by atoms with Crippen molar-refractivity contribution in [2.24, 2.45) is 0 Å². The molecule has 6 heteroatoms. The summed E-state index contributed by atoms with van der Waals surface area (Å²) in [5.74, 6) is 0.846. The van der Waals surface area contributed by atoms with Crippen LogP contribution in [-0.4, -0.2) is 65.5 Å². The van der Waals surface area contributed by atoms with Crippen molar-refractivity contribution >= 4 is 6.09 Å². The van der Waals surface area contributed by atoms with E-state index in [0.29, 0.717) is 39.2 Å². The van der Waals surface area contributed by atoms with Gasteiger partial charge in [0.05, 0.1) is 18.8 Å². The average Bonchev–Trinajstić information content (AvgIpc) is 2.71. The minimum atomic E-state index is -0.484. The van der Waals surface area contributed by atoms with E-state index in [-0.39, 0.29) is 12.1 Å². The van der Waals surface area contributed by atoms with Gasteiger partial charge in [-0.25, -0.2) is 4.79 Å². The van der Waals surface area contributed by atoms with E-state index < -0.39 is 11.7 Å². The molecule has 2 atom stereocenters. The zero-order valence-corrected chi connectivity index (χ0v) is 15.3. The summed E-state index contributed by atoms with van der Waals surface area (Å²) in [5.41, 5.74) is 0.542. The van der Waals surface area contributed by atoms with Gasteiger partial charge in [-0.2, -0.15) is 0 Å². The molecule has 1 N–H and O–H groups in total. The van der Waals surface area contributed by atoms with Crippen molar-refractivity contribution in [3.63, 3.8) is 0 Å². The molecule has 1 saturated heterocycles. The molecule has 2 aliphatic heterocycles. The van der Waals surface area contributed by atoms with Crippen molar-refractivity contribution in [2.75, 3.05) is 32.8 Å². The Balaban J connectivity index is 1.69. The maximum atomic E-state index is 12.2. The van der Waals surface area contributed by atoms with Crippen LogP contribution < -0.4 is 4.74 Å². The van der Waals surface area contributed by atoms with Crippen molar-refractivity contribution in [3.05, 3.63) is 29.8 Å². The minimum Gasteiger partial charge on any atom is -0.493 e. The lowest BCUT2D eigenvalue weighted by Gasteiger charge is -2.40. The van der Waals surface area contributed by atoms with E-state index in [2.05, 4.69) is 4.90 Å². The molecular weight excluding hydrogens is 320 g/mol. The third-order valence-corrected chi connectivity index (χ3v) is 4.63. The quantitative estimate of drug-likeness (QED) is 0.844. The highest BCUT2D eigenvalue weighted by atomic mass is 16.6. The number of para-hydroxylation sites is 1. The molecule has 1 aromatic rings. The molecule has 138 valence electrons. The molecule has 0 unspecified atom stereocenters. The first-order valence-corrected chi connectivity index (χ1v) is 8.97. The van der Waals surface area contributed by atoms with Crippen LogP contribution >= 0.6 is 0 Å². The number of hydrogen-bond acceptors (Lipinski definition) is 5. The van der Waals surface area contributed by atoms with E-state index in [4.69, 9.17) is 9.47 Å². The number of aliphatic hydroxyl groups is 1. The summed E-state index contributed by atoms with van der Waals surface area (Å²) < 4.78 is 11.2. The maximum absolute atomic E-state index is 12.2. The van der Waals surface area contributed by atoms with Gasteiger partial charge in [-0.05, 0) is 26.8 Å². The van der Waals surface area contributed by atoms with Crippen molar-refractivity contribution in [3.8, 4) is 5.75 Å². The normalized spacial score (nSPS) is 24.9. The van der Waals surface area contributed by atoms with Gasteiger partial charge in [-0.1, -0.05) is 18.2 Å². The molecule has 6 nitrogen and oxygen atoms in total. The van der Waals surface area contributed by atoms with E-state index in [1.807, 2.05) is 45.0 Å². The van der Waals surface area contributed by atoms with Gasteiger partial charge in [0.25, 0.3) is 0 Å². The molecule has 3 rings (SSSR count). The Kier molecular flexibility index (Phi) is 5.20. The minimum absolute atomic E-state index is 0.0977. The maximum Gasteiger partial charge on any atom is 0.410 e. The lowest BCUT2D eigenvalue weighted by atomic mass is 9.97. The Bertz CT molecular complexity index is 606. The van der Waals surface area contributed by atoms with Crippen molar-refractivity contribution in [1.82, 2.24) is 9.80 Å². The highest BCUT2D eigenvalue weighted by molar-refractivity contribution is 5.68. The molecule has 2 aliphatic rings. The number of carbonyl (C=O) groups excluding carboxylic acids is 1. The Morgan fingerprint density at radius 3 is 2.56 bits per heavy atom. The molecule has 0 spiro atoms.